The van der Waals surface area contributed by atoms with Crippen LogP contribution < -0.4 is 0 Å². The molecule has 0 aliphatic rings. The predicted octanol–water partition coefficient (Wildman–Crippen LogP) is 5.87. The van der Waals surface area contributed by atoms with Crippen LogP contribution in [0.5, 0.6) is 0 Å². The van der Waals surface area contributed by atoms with Crippen LogP contribution in [0.2, 0.25) is 15.1 Å². The maximum Gasteiger partial charge on any atom is 0.356 e. The average molecular weight is 410 g/mol. The molecular formula is C19H15Cl3N2O2. The number of aryl methyl sites for hydroxylation is 1. The molecule has 2 aromatic carbocycles. The van der Waals surface area contributed by atoms with Gasteiger partial charge in [-0.1, -0.05) is 46.9 Å². The number of hydrogen-bond donors (Lipinski definition) is 1. The third-order valence-corrected chi connectivity index (χ3v) is 5.30. The van der Waals surface area contributed by atoms with E-state index in [0.29, 0.717) is 27.2 Å². The van der Waals surface area contributed by atoms with E-state index < -0.39 is 5.97 Å². The second-order valence-corrected chi connectivity index (χ2v) is 7.22. The number of hydrogen-bond acceptors (Lipinski definition) is 2. The monoisotopic (exact) mass is 408 g/mol. The van der Waals surface area contributed by atoms with E-state index in [-0.39, 0.29) is 5.69 Å². The molecule has 134 valence electrons. The normalized spacial score (nSPS) is 11.0. The van der Waals surface area contributed by atoms with E-state index in [0.717, 1.165) is 22.4 Å². The fraction of sp³-hybridized carbons (Fsp3) is 0.158. The molecule has 0 spiro atoms. The summed E-state index contributed by atoms with van der Waals surface area (Å²) in [5.41, 5.74) is 3.97. The van der Waals surface area contributed by atoms with Crippen LogP contribution in [0.15, 0.2) is 36.4 Å². The second kappa shape index (κ2) is 7.31. The van der Waals surface area contributed by atoms with Crippen LogP contribution in [0.3, 0.4) is 0 Å². The second-order valence-electron chi connectivity index (χ2n) is 6.00. The van der Waals surface area contributed by atoms with Crippen LogP contribution in [0.1, 0.15) is 27.2 Å². The number of aromatic nitrogens is 2. The quantitative estimate of drug-likeness (QED) is 0.586. The van der Waals surface area contributed by atoms with E-state index in [9.17, 15) is 9.90 Å². The zero-order valence-electron chi connectivity index (χ0n) is 14.1. The molecule has 4 nitrogen and oxygen atoms in total. The maximum atomic E-state index is 11.6. The molecule has 1 N–H and O–H groups in total. The van der Waals surface area contributed by atoms with Gasteiger partial charge in [0.1, 0.15) is 0 Å². The minimum absolute atomic E-state index is 0.0210. The molecule has 0 saturated carbocycles. The van der Waals surface area contributed by atoms with Crippen LogP contribution in [0.4, 0.5) is 0 Å². The molecule has 0 aliphatic carbocycles. The molecule has 0 bridgehead atoms. The van der Waals surface area contributed by atoms with Crippen LogP contribution in [-0.2, 0) is 6.54 Å². The Bertz CT molecular complexity index is 1010. The molecule has 0 aliphatic heterocycles. The molecule has 26 heavy (non-hydrogen) atoms. The molecule has 1 aromatic heterocycles. The van der Waals surface area contributed by atoms with Crippen molar-refractivity contribution in [3.8, 4) is 11.3 Å². The highest BCUT2D eigenvalue weighted by Gasteiger charge is 2.21. The summed E-state index contributed by atoms with van der Waals surface area (Å²) in [5, 5.41) is 15.3. The largest absolute Gasteiger partial charge is 0.476 e. The van der Waals surface area contributed by atoms with Gasteiger partial charge in [0.2, 0.25) is 0 Å². The number of aromatic carboxylic acids is 1. The van der Waals surface area contributed by atoms with Crippen molar-refractivity contribution in [2.45, 2.75) is 20.4 Å². The summed E-state index contributed by atoms with van der Waals surface area (Å²) in [6.07, 6.45) is 0. The summed E-state index contributed by atoms with van der Waals surface area (Å²) in [7, 11) is 0. The van der Waals surface area contributed by atoms with Crippen LogP contribution >= 0.6 is 34.8 Å². The van der Waals surface area contributed by atoms with Crippen molar-refractivity contribution in [3.63, 3.8) is 0 Å². The Morgan fingerprint density at radius 1 is 1.04 bits per heavy atom. The molecule has 7 heteroatoms. The summed E-state index contributed by atoms with van der Waals surface area (Å²) >= 11 is 18.2. The van der Waals surface area contributed by atoms with Crippen molar-refractivity contribution in [2.24, 2.45) is 0 Å². The Hall–Kier alpha value is -2.01. The zero-order chi connectivity index (χ0) is 19.0. The van der Waals surface area contributed by atoms with Crippen molar-refractivity contribution in [2.75, 3.05) is 0 Å². The number of carboxylic acid groups (broad SMARTS) is 1. The molecular weight excluding hydrogens is 395 g/mol. The fourth-order valence-corrected chi connectivity index (χ4v) is 3.28. The Balaban J connectivity index is 2.14. The van der Waals surface area contributed by atoms with Gasteiger partial charge in [-0.25, -0.2) is 4.79 Å². The summed E-state index contributed by atoms with van der Waals surface area (Å²) in [4.78, 5) is 11.6. The van der Waals surface area contributed by atoms with Gasteiger partial charge in [0, 0.05) is 16.1 Å². The van der Waals surface area contributed by atoms with Crippen LogP contribution in [0.25, 0.3) is 11.3 Å². The Labute approximate surface area is 165 Å². The molecule has 3 rings (SSSR count). The highest BCUT2D eigenvalue weighted by molar-refractivity contribution is 6.42. The molecule has 0 radical (unpaired) electrons. The average Bonchev–Trinajstić information content (AvgIpc) is 2.90. The van der Waals surface area contributed by atoms with Gasteiger partial charge in [0.25, 0.3) is 0 Å². The summed E-state index contributed by atoms with van der Waals surface area (Å²) in [6, 6.07) is 10.9. The van der Waals surface area contributed by atoms with Gasteiger partial charge in [-0.2, -0.15) is 5.10 Å². The van der Waals surface area contributed by atoms with Crippen molar-refractivity contribution >= 4 is 40.8 Å². The molecule has 0 atom stereocenters. The lowest BCUT2D eigenvalue weighted by molar-refractivity contribution is 0.0688. The number of halogens is 3. The first-order valence-electron chi connectivity index (χ1n) is 7.79. The lowest BCUT2D eigenvalue weighted by Crippen LogP contribution is -2.06. The SMILES string of the molecule is Cc1cc(-c2c(C)c(C(=O)O)nn2Cc2ccc(Cl)c(Cl)c2)ccc1Cl. The third kappa shape index (κ3) is 3.58. The van der Waals surface area contributed by atoms with Gasteiger partial charge in [0.15, 0.2) is 5.69 Å². The van der Waals surface area contributed by atoms with Crippen LogP contribution in [-0.4, -0.2) is 20.9 Å². The van der Waals surface area contributed by atoms with E-state index in [1.807, 2.05) is 25.1 Å². The van der Waals surface area contributed by atoms with E-state index in [2.05, 4.69) is 5.10 Å². The number of carboxylic acids is 1. The van der Waals surface area contributed by atoms with Gasteiger partial charge in [0.05, 0.1) is 22.3 Å². The minimum atomic E-state index is -1.07. The van der Waals surface area contributed by atoms with Gasteiger partial charge in [-0.05, 0) is 49.2 Å². The number of carbonyl (C=O) groups is 1. The summed E-state index contributed by atoms with van der Waals surface area (Å²) in [6.45, 7) is 4.02. The first-order chi connectivity index (χ1) is 12.3. The minimum Gasteiger partial charge on any atom is -0.476 e. The Kier molecular flexibility index (Phi) is 5.28. The van der Waals surface area contributed by atoms with E-state index in [1.54, 1.807) is 29.8 Å². The smallest absolute Gasteiger partial charge is 0.356 e. The third-order valence-electron chi connectivity index (χ3n) is 4.14. The highest BCUT2D eigenvalue weighted by atomic mass is 35.5. The maximum absolute atomic E-state index is 11.6. The molecule has 3 aromatic rings. The highest BCUT2D eigenvalue weighted by Crippen LogP contribution is 2.30. The summed E-state index contributed by atoms with van der Waals surface area (Å²) < 4.78 is 1.67. The van der Waals surface area contributed by atoms with Gasteiger partial charge in [-0.15, -0.1) is 0 Å². The summed E-state index contributed by atoms with van der Waals surface area (Å²) in [5.74, 6) is -1.07. The Morgan fingerprint density at radius 3 is 2.35 bits per heavy atom. The molecule has 0 unspecified atom stereocenters. The van der Waals surface area contributed by atoms with E-state index in [4.69, 9.17) is 34.8 Å². The van der Waals surface area contributed by atoms with Crippen LogP contribution in [0, 0.1) is 13.8 Å². The fourth-order valence-electron chi connectivity index (χ4n) is 2.84. The zero-order valence-corrected chi connectivity index (χ0v) is 16.3. The topological polar surface area (TPSA) is 55.1 Å². The Morgan fingerprint density at radius 2 is 1.73 bits per heavy atom. The van der Waals surface area contributed by atoms with Crippen molar-refractivity contribution in [3.05, 3.63) is 73.9 Å². The number of rotatable bonds is 4. The first kappa shape index (κ1) is 18.8. The number of benzene rings is 2. The lowest BCUT2D eigenvalue weighted by Gasteiger charge is -2.11. The molecule has 0 fully saturated rings. The van der Waals surface area contributed by atoms with E-state index in [1.165, 1.54) is 0 Å². The van der Waals surface area contributed by atoms with Crippen molar-refractivity contribution < 1.29 is 9.90 Å². The van der Waals surface area contributed by atoms with E-state index >= 15 is 0 Å². The van der Waals surface area contributed by atoms with Gasteiger partial charge in [-0.3, -0.25) is 4.68 Å². The number of nitrogens with zero attached hydrogens (tertiary/aromatic N) is 2. The van der Waals surface area contributed by atoms with Gasteiger partial charge < -0.3 is 5.11 Å². The standard InChI is InChI=1S/C19H15Cl3N2O2/c1-10-7-13(4-6-14(10)20)18-11(2)17(19(25)26)23-24(18)9-12-3-5-15(21)16(22)8-12/h3-8H,9H2,1-2H3,(H,25,26). The molecule has 0 saturated heterocycles. The van der Waals surface area contributed by atoms with Crippen molar-refractivity contribution in [1.82, 2.24) is 9.78 Å². The van der Waals surface area contributed by atoms with Gasteiger partial charge >= 0.3 is 5.97 Å². The first-order valence-corrected chi connectivity index (χ1v) is 8.92. The molecule has 1 heterocycles. The molecule has 0 amide bonds. The predicted molar refractivity (Wildman–Crippen MR) is 105 cm³/mol. The lowest BCUT2D eigenvalue weighted by atomic mass is 10.0. The van der Waals surface area contributed by atoms with Crippen molar-refractivity contribution in [1.29, 1.82) is 0 Å².